The van der Waals surface area contributed by atoms with Crippen molar-refractivity contribution < 1.29 is 19.0 Å². The second kappa shape index (κ2) is 12.1. The van der Waals surface area contributed by atoms with Crippen molar-refractivity contribution in [2.75, 3.05) is 40.4 Å². The molecular weight excluding hydrogens is 467 g/mol. The number of rotatable bonds is 11. The standard InChI is InChI=1S/C31H43FN2O3/c1-21-10-7-11-23(18-21)29-26(13-8-14-27(29)32)31(36,15-5-6-17-37-4)24-12-9-16-34(20-24)30(35)28-22(2)25(28)19-33-3/h7-8,10-11,13-14,18,22,24-25,28,33,36H,5-6,9,12,15-17,19-20H2,1-4H3/t22-,24?,25-,28-,31+/m1/s1. The molecule has 1 unspecified atom stereocenters. The van der Waals surface area contributed by atoms with Crippen LogP contribution in [0.25, 0.3) is 11.1 Å². The third-order valence-corrected chi connectivity index (χ3v) is 8.64. The topological polar surface area (TPSA) is 61.8 Å². The first kappa shape index (κ1) is 27.7. The predicted octanol–water partition coefficient (Wildman–Crippen LogP) is 5.15. The van der Waals surface area contributed by atoms with Crippen molar-refractivity contribution in [2.24, 2.45) is 23.7 Å². The number of ether oxygens (including phenoxy) is 1. The molecule has 37 heavy (non-hydrogen) atoms. The Morgan fingerprint density at radius 2 is 2.03 bits per heavy atom. The molecule has 202 valence electrons. The molecule has 0 aromatic heterocycles. The molecule has 2 aromatic carbocycles. The first-order chi connectivity index (χ1) is 17.8. The Kier molecular flexibility index (Phi) is 9.04. The van der Waals surface area contributed by atoms with E-state index in [1.54, 1.807) is 13.2 Å². The summed E-state index contributed by atoms with van der Waals surface area (Å²) >= 11 is 0. The van der Waals surface area contributed by atoms with E-state index in [2.05, 4.69) is 12.2 Å². The Morgan fingerprint density at radius 3 is 2.76 bits per heavy atom. The second-order valence-corrected chi connectivity index (χ2v) is 11.1. The van der Waals surface area contributed by atoms with Crippen LogP contribution >= 0.6 is 0 Å². The van der Waals surface area contributed by atoms with Crippen LogP contribution in [0.15, 0.2) is 42.5 Å². The van der Waals surface area contributed by atoms with Crippen LogP contribution < -0.4 is 5.32 Å². The van der Waals surface area contributed by atoms with Gasteiger partial charge < -0.3 is 20.1 Å². The number of piperidine rings is 1. The number of hydrogen-bond donors (Lipinski definition) is 2. The molecular formula is C31H43FN2O3. The maximum absolute atomic E-state index is 15.5. The number of aliphatic hydroxyl groups is 1. The SMILES string of the molecule is CNC[C@@H]1[C@@H](C)[C@H]1C(=O)N1CCCC([C@@](O)(CCCCOC)c2cccc(F)c2-c2cccc(C)c2)C1. The van der Waals surface area contributed by atoms with Gasteiger partial charge in [0.15, 0.2) is 0 Å². The Bertz CT molecular complexity index is 1080. The summed E-state index contributed by atoms with van der Waals surface area (Å²) in [5, 5.41) is 15.7. The van der Waals surface area contributed by atoms with E-state index in [1.807, 2.05) is 49.2 Å². The molecule has 5 nitrogen and oxygen atoms in total. The van der Waals surface area contributed by atoms with Gasteiger partial charge in [-0.1, -0.05) is 48.9 Å². The molecule has 1 saturated heterocycles. The zero-order valence-corrected chi connectivity index (χ0v) is 22.8. The highest BCUT2D eigenvalue weighted by molar-refractivity contribution is 5.82. The summed E-state index contributed by atoms with van der Waals surface area (Å²) < 4.78 is 20.7. The van der Waals surface area contributed by atoms with Crippen LogP contribution in [-0.4, -0.2) is 56.3 Å². The number of nitrogens with zero attached hydrogens (tertiary/aromatic N) is 1. The molecule has 1 amide bonds. The van der Waals surface area contributed by atoms with Gasteiger partial charge in [-0.2, -0.15) is 0 Å². The van der Waals surface area contributed by atoms with Gasteiger partial charge in [-0.3, -0.25) is 4.79 Å². The van der Waals surface area contributed by atoms with Gasteiger partial charge in [-0.05, 0) is 81.6 Å². The highest BCUT2D eigenvalue weighted by Crippen LogP contribution is 2.48. The van der Waals surface area contributed by atoms with Crippen LogP contribution in [0, 0.1) is 36.4 Å². The zero-order chi connectivity index (χ0) is 26.6. The van der Waals surface area contributed by atoms with Crippen LogP contribution in [0.5, 0.6) is 0 Å². The van der Waals surface area contributed by atoms with Gasteiger partial charge in [-0.25, -0.2) is 4.39 Å². The molecule has 5 atom stereocenters. The molecule has 6 heteroatoms. The number of benzene rings is 2. The lowest BCUT2D eigenvalue weighted by Gasteiger charge is -2.44. The number of likely N-dealkylation sites (tertiary alicyclic amines) is 1. The van der Waals surface area contributed by atoms with Crippen molar-refractivity contribution >= 4 is 5.91 Å². The van der Waals surface area contributed by atoms with E-state index in [1.165, 1.54) is 6.07 Å². The largest absolute Gasteiger partial charge is 0.385 e. The van der Waals surface area contributed by atoms with Crippen LogP contribution in [0.2, 0.25) is 0 Å². The van der Waals surface area contributed by atoms with Gasteiger partial charge in [0.25, 0.3) is 0 Å². The van der Waals surface area contributed by atoms with E-state index in [-0.39, 0.29) is 23.6 Å². The van der Waals surface area contributed by atoms with E-state index >= 15 is 4.39 Å². The van der Waals surface area contributed by atoms with Gasteiger partial charge in [0.05, 0.1) is 5.60 Å². The summed E-state index contributed by atoms with van der Waals surface area (Å²) in [5.41, 5.74) is 1.65. The Balaban J connectivity index is 1.67. The van der Waals surface area contributed by atoms with E-state index in [0.717, 1.165) is 49.9 Å². The van der Waals surface area contributed by atoms with Gasteiger partial charge in [0, 0.05) is 44.2 Å². The normalized spacial score (nSPS) is 25.1. The summed E-state index contributed by atoms with van der Waals surface area (Å²) in [6.45, 7) is 6.83. The van der Waals surface area contributed by atoms with E-state index in [9.17, 15) is 9.90 Å². The number of unbranched alkanes of at least 4 members (excludes halogenated alkanes) is 1. The fraction of sp³-hybridized carbons (Fsp3) is 0.581. The minimum atomic E-state index is -1.26. The molecule has 1 aliphatic heterocycles. The summed E-state index contributed by atoms with van der Waals surface area (Å²) in [4.78, 5) is 15.5. The quantitative estimate of drug-likeness (QED) is 0.411. The van der Waals surface area contributed by atoms with Crippen LogP contribution in [0.1, 0.15) is 50.2 Å². The average molecular weight is 511 g/mol. The van der Waals surface area contributed by atoms with Gasteiger partial charge in [0.2, 0.25) is 5.91 Å². The molecule has 2 N–H and O–H groups in total. The van der Waals surface area contributed by atoms with Crippen LogP contribution in [0.4, 0.5) is 4.39 Å². The first-order valence-corrected chi connectivity index (χ1v) is 13.8. The van der Waals surface area contributed by atoms with E-state index in [0.29, 0.717) is 42.5 Å². The summed E-state index contributed by atoms with van der Waals surface area (Å²) in [6.07, 6.45) is 3.70. The van der Waals surface area contributed by atoms with Crippen molar-refractivity contribution in [3.05, 3.63) is 59.4 Å². The summed E-state index contributed by atoms with van der Waals surface area (Å²) in [6, 6.07) is 12.9. The lowest BCUT2D eigenvalue weighted by atomic mass is 9.72. The molecule has 0 radical (unpaired) electrons. The van der Waals surface area contributed by atoms with E-state index in [4.69, 9.17) is 4.74 Å². The number of aryl methyl sites for hydroxylation is 1. The Labute approximate surface area is 221 Å². The number of halogens is 1. The second-order valence-electron chi connectivity index (χ2n) is 11.1. The number of nitrogens with one attached hydrogen (secondary N) is 1. The summed E-state index contributed by atoms with van der Waals surface area (Å²) in [5.74, 6) is 0.514. The molecule has 0 spiro atoms. The Morgan fingerprint density at radius 1 is 1.24 bits per heavy atom. The maximum Gasteiger partial charge on any atom is 0.226 e. The van der Waals surface area contributed by atoms with Crippen molar-refractivity contribution in [1.82, 2.24) is 10.2 Å². The fourth-order valence-corrected chi connectivity index (χ4v) is 6.46. The number of amides is 1. The highest BCUT2D eigenvalue weighted by atomic mass is 19.1. The molecule has 1 aliphatic carbocycles. The minimum Gasteiger partial charge on any atom is -0.385 e. The van der Waals surface area contributed by atoms with Crippen molar-refractivity contribution in [3.8, 4) is 11.1 Å². The fourth-order valence-electron chi connectivity index (χ4n) is 6.46. The molecule has 1 heterocycles. The Hall–Kier alpha value is -2.28. The number of carbonyl (C=O) groups is 1. The highest BCUT2D eigenvalue weighted by Gasteiger charge is 2.53. The lowest BCUT2D eigenvalue weighted by Crippen LogP contribution is -2.49. The molecule has 2 fully saturated rings. The van der Waals surface area contributed by atoms with E-state index < -0.39 is 5.60 Å². The van der Waals surface area contributed by atoms with Gasteiger partial charge >= 0.3 is 0 Å². The van der Waals surface area contributed by atoms with Crippen LogP contribution in [-0.2, 0) is 15.1 Å². The third kappa shape index (κ3) is 5.92. The number of hydrogen-bond acceptors (Lipinski definition) is 4. The first-order valence-electron chi connectivity index (χ1n) is 13.8. The number of carbonyl (C=O) groups excluding carboxylic acids is 1. The maximum atomic E-state index is 15.5. The van der Waals surface area contributed by atoms with Crippen molar-refractivity contribution in [3.63, 3.8) is 0 Å². The third-order valence-electron chi connectivity index (χ3n) is 8.64. The average Bonchev–Trinajstić information content (AvgIpc) is 3.54. The molecule has 4 rings (SSSR count). The molecule has 2 aromatic rings. The zero-order valence-electron chi connectivity index (χ0n) is 22.8. The van der Waals surface area contributed by atoms with Crippen molar-refractivity contribution in [1.29, 1.82) is 0 Å². The molecule has 0 bridgehead atoms. The summed E-state index contributed by atoms with van der Waals surface area (Å²) in [7, 11) is 3.61. The molecule has 2 aliphatic rings. The minimum absolute atomic E-state index is 0.0537. The van der Waals surface area contributed by atoms with Gasteiger partial charge in [0.1, 0.15) is 5.82 Å². The smallest absolute Gasteiger partial charge is 0.226 e. The monoisotopic (exact) mass is 510 g/mol. The lowest BCUT2D eigenvalue weighted by molar-refractivity contribution is -0.138. The predicted molar refractivity (Wildman–Crippen MR) is 146 cm³/mol. The number of methoxy groups -OCH3 is 1. The molecule has 1 saturated carbocycles. The van der Waals surface area contributed by atoms with Crippen LogP contribution in [0.3, 0.4) is 0 Å². The van der Waals surface area contributed by atoms with Gasteiger partial charge in [-0.15, -0.1) is 0 Å². The van der Waals surface area contributed by atoms with Crippen molar-refractivity contribution in [2.45, 2.75) is 51.6 Å².